The molecular formula is C9H26O4Si4. The molecule has 0 bridgehead atoms. The van der Waals surface area contributed by atoms with Gasteiger partial charge >= 0.3 is 8.56 Å². The minimum absolute atomic E-state index is 0.228. The van der Waals surface area contributed by atoms with E-state index in [9.17, 15) is 0 Å². The van der Waals surface area contributed by atoms with Crippen molar-refractivity contribution in [3.8, 4) is 0 Å². The van der Waals surface area contributed by atoms with Crippen LogP contribution in [0.15, 0.2) is 0 Å². The fourth-order valence-corrected chi connectivity index (χ4v) is 17.9. The van der Waals surface area contributed by atoms with E-state index in [0.717, 1.165) is 6.04 Å². The lowest BCUT2D eigenvalue weighted by atomic mass is 10.0. The molecule has 1 saturated heterocycles. The molecule has 17 heavy (non-hydrogen) atoms. The molecule has 2 unspecified atom stereocenters. The second-order valence-electron chi connectivity index (χ2n) is 6.08. The van der Waals surface area contributed by atoms with Gasteiger partial charge in [0.25, 0.3) is 27.9 Å². The van der Waals surface area contributed by atoms with Crippen LogP contribution < -0.4 is 0 Å². The summed E-state index contributed by atoms with van der Waals surface area (Å²) in [6.07, 6.45) is 0. The first-order valence-corrected chi connectivity index (χ1v) is 15.1. The van der Waals surface area contributed by atoms with Crippen LogP contribution in [-0.4, -0.2) is 36.4 Å². The van der Waals surface area contributed by atoms with Crippen LogP contribution in [0.4, 0.5) is 0 Å². The highest BCUT2D eigenvalue weighted by molar-refractivity contribution is 6.81. The summed E-state index contributed by atoms with van der Waals surface area (Å²) in [6, 6.07) is 0.997. The zero-order chi connectivity index (χ0) is 13.3. The molecule has 0 spiro atoms. The normalized spacial score (nSPS) is 40.8. The van der Waals surface area contributed by atoms with E-state index in [-0.39, 0.29) is 5.41 Å². The van der Waals surface area contributed by atoms with Crippen molar-refractivity contribution >= 4 is 36.4 Å². The van der Waals surface area contributed by atoms with E-state index in [1.54, 1.807) is 0 Å². The zero-order valence-corrected chi connectivity index (χ0v) is 16.5. The quantitative estimate of drug-likeness (QED) is 0.691. The Labute approximate surface area is 111 Å². The summed E-state index contributed by atoms with van der Waals surface area (Å²) in [5.74, 6) is 0. The smallest absolute Gasteiger partial charge is 0.317 e. The molecule has 0 aromatic heterocycles. The first-order valence-electron chi connectivity index (χ1n) is 6.26. The van der Waals surface area contributed by atoms with Gasteiger partial charge in [0.05, 0.1) is 0 Å². The Hall–Kier alpha value is 0.708. The van der Waals surface area contributed by atoms with Crippen molar-refractivity contribution in [1.82, 2.24) is 0 Å². The third-order valence-electron chi connectivity index (χ3n) is 2.45. The average Bonchev–Trinajstić information content (AvgIpc) is 1.93. The Bertz CT molecular complexity index is 244. The summed E-state index contributed by atoms with van der Waals surface area (Å²) in [6.45, 7) is 15.1. The van der Waals surface area contributed by atoms with E-state index in [4.69, 9.17) is 16.5 Å². The van der Waals surface area contributed by atoms with Crippen molar-refractivity contribution in [3.05, 3.63) is 0 Å². The molecule has 8 heteroatoms. The van der Waals surface area contributed by atoms with Crippen molar-refractivity contribution in [2.45, 2.75) is 53.0 Å². The lowest BCUT2D eigenvalue weighted by Gasteiger charge is -2.39. The molecule has 2 atom stereocenters. The van der Waals surface area contributed by atoms with Gasteiger partial charge in [-0.1, -0.05) is 20.8 Å². The first kappa shape index (κ1) is 15.8. The lowest BCUT2D eigenvalue weighted by Crippen LogP contribution is -2.54. The van der Waals surface area contributed by atoms with E-state index >= 15 is 0 Å². The van der Waals surface area contributed by atoms with Gasteiger partial charge < -0.3 is 16.5 Å². The fraction of sp³-hybridized carbons (Fsp3) is 1.00. The van der Waals surface area contributed by atoms with E-state index in [2.05, 4.69) is 47.0 Å². The van der Waals surface area contributed by atoms with Crippen molar-refractivity contribution in [2.75, 3.05) is 0 Å². The molecule has 0 saturated carbocycles. The van der Waals surface area contributed by atoms with Gasteiger partial charge in [0.1, 0.15) is 0 Å². The van der Waals surface area contributed by atoms with Gasteiger partial charge in [-0.2, -0.15) is 0 Å². The molecule has 0 aliphatic carbocycles. The number of hydrogen-bond donors (Lipinski definition) is 0. The monoisotopic (exact) mass is 310 g/mol. The molecule has 4 nitrogen and oxygen atoms in total. The third-order valence-corrected chi connectivity index (χ3v) is 16.9. The molecule has 1 aliphatic heterocycles. The van der Waals surface area contributed by atoms with Gasteiger partial charge in [-0.05, 0) is 37.6 Å². The second kappa shape index (κ2) is 5.78. The van der Waals surface area contributed by atoms with Crippen LogP contribution in [-0.2, 0) is 16.5 Å². The van der Waals surface area contributed by atoms with Gasteiger partial charge in [0.2, 0.25) is 0 Å². The van der Waals surface area contributed by atoms with E-state index in [1.807, 2.05) is 0 Å². The molecule has 1 rings (SSSR count). The van der Waals surface area contributed by atoms with Crippen LogP contribution in [0.5, 0.6) is 0 Å². The Kier molecular flexibility index (Phi) is 5.36. The molecule has 0 aromatic rings. The standard InChI is InChI=1S/C9H26O4Si4/c1-9(2,3)8-17(7)12-15(5)10-14(4)11-16(6)13-17/h14-16H,8H2,1-7H3. The Morgan fingerprint density at radius 3 is 1.65 bits per heavy atom. The van der Waals surface area contributed by atoms with Crippen LogP contribution in [0, 0.1) is 5.41 Å². The summed E-state index contributed by atoms with van der Waals surface area (Å²) in [5, 5.41) is 0. The summed E-state index contributed by atoms with van der Waals surface area (Å²) < 4.78 is 24.2. The number of rotatable bonds is 1. The maximum absolute atomic E-state index is 6.22. The topological polar surface area (TPSA) is 36.9 Å². The molecule has 1 fully saturated rings. The minimum Gasteiger partial charge on any atom is -0.420 e. The lowest BCUT2D eigenvalue weighted by molar-refractivity contribution is 0.261. The van der Waals surface area contributed by atoms with Crippen molar-refractivity contribution < 1.29 is 16.5 Å². The van der Waals surface area contributed by atoms with Crippen LogP contribution in [0.3, 0.4) is 0 Å². The molecule has 0 amide bonds. The minimum atomic E-state index is -2.11. The third kappa shape index (κ3) is 5.92. The molecule has 1 aliphatic rings. The molecule has 0 aromatic carbocycles. The average molecular weight is 311 g/mol. The Morgan fingerprint density at radius 1 is 0.882 bits per heavy atom. The largest absolute Gasteiger partial charge is 0.420 e. The molecule has 0 radical (unpaired) electrons. The van der Waals surface area contributed by atoms with Crippen LogP contribution in [0.25, 0.3) is 0 Å². The summed E-state index contributed by atoms with van der Waals surface area (Å²) in [5.41, 5.74) is 0.228. The molecule has 1 heterocycles. The maximum Gasteiger partial charge on any atom is 0.317 e. The van der Waals surface area contributed by atoms with Gasteiger partial charge in [-0.25, -0.2) is 0 Å². The van der Waals surface area contributed by atoms with E-state index < -0.39 is 36.4 Å². The predicted molar refractivity (Wildman–Crippen MR) is 79.3 cm³/mol. The summed E-state index contributed by atoms with van der Waals surface area (Å²) in [7, 11) is -6.76. The van der Waals surface area contributed by atoms with Gasteiger partial charge in [-0.15, -0.1) is 0 Å². The predicted octanol–water partition coefficient (Wildman–Crippen LogP) is 1.74. The highest BCUT2D eigenvalue weighted by Crippen LogP contribution is 2.31. The maximum atomic E-state index is 6.22. The fourth-order valence-electron chi connectivity index (χ4n) is 2.40. The molecular weight excluding hydrogens is 284 g/mol. The van der Waals surface area contributed by atoms with Crippen LogP contribution in [0.1, 0.15) is 20.8 Å². The molecule has 102 valence electrons. The van der Waals surface area contributed by atoms with Gasteiger partial charge in [-0.3, -0.25) is 0 Å². The first-order chi connectivity index (χ1) is 7.60. The number of hydrogen-bond acceptors (Lipinski definition) is 4. The van der Waals surface area contributed by atoms with Crippen LogP contribution in [0.2, 0.25) is 32.2 Å². The van der Waals surface area contributed by atoms with Crippen LogP contribution >= 0.6 is 0 Å². The summed E-state index contributed by atoms with van der Waals surface area (Å²) >= 11 is 0. The SMILES string of the molecule is C[SiH]1O[SiH](C)O[Si](C)(CC(C)(C)C)O[SiH](C)O1. The molecule has 0 N–H and O–H groups in total. The second-order valence-corrected chi connectivity index (χ2v) is 16.2. The van der Waals surface area contributed by atoms with Crippen molar-refractivity contribution in [3.63, 3.8) is 0 Å². The highest BCUT2D eigenvalue weighted by Gasteiger charge is 2.42. The highest BCUT2D eigenvalue weighted by atomic mass is 28.5. The Balaban J connectivity index is 2.75. The van der Waals surface area contributed by atoms with E-state index in [0.29, 0.717) is 0 Å². The zero-order valence-electron chi connectivity index (χ0n) is 12.1. The Morgan fingerprint density at radius 2 is 1.29 bits per heavy atom. The van der Waals surface area contributed by atoms with Crippen molar-refractivity contribution in [1.29, 1.82) is 0 Å². The van der Waals surface area contributed by atoms with Gasteiger partial charge in [0, 0.05) is 0 Å². The van der Waals surface area contributed by atoms with E-state index in [1.165, 1.54) is 0 Å². The summed E-state index contributed by atoms with van der Waals surface area (Å²) in [4.78, 5) is 0. The van der Waals surface area contributed by atoms with Gasteiger partial charge in [0.15, 0.2) is 0 Å². The van der Waals surface area contributed by atoms with Crippen molar-refractivity contribution in [2.24, 2.45) is 5.41 Å².